The largest absolute Gasteiger partial charge is 0.480 e. The van der Waals surface area contributed by atoms with Crippen molar-refractivity contribution in [1.82, 2.24) is 10.6 Å². The molecule has 7 heteroatoms. The first kappa shape index (κ1) is 21.5. The summed E-state index contributed by atoms with van der Waals surface area (Å²) >= 11 is 0. The summed E-state index contributed by atoms with van der Waals surface area (Å²) in [6, 6.07) is 16.0. The fourth-order valence-corrected chi connectivity index (χ4v) is 5.25. The Bertz CT molecular complexity index is 1050. The van der Waals surface area contributed by atoms with Gasteiger partial charge >= 0.3 is 12.1 Å². The zero-order valence-corrected chi connectivity index (χ0v) is 18.4. The van der Waals surface area contributed by atoms with Crippen molar-refractivity contribution in [3.05, 3.63) is 59.7 Å². The zero-order chi connectivity index (χ0) is 23.0. The van der Waals surface area contributed by atoms with Crippen LogP contribution in [0, 0.1) is 5.92 Å². The van der Waals surface area contributed by atoms with Crippen molar-refractivity contribution in [3.63, 3.8) is 0 Å². The van der Waals surface area contributed by atoms with E-state index >= 15 is 0 Å². The standard InChI is InChI=1S/C26H28N2O5/c29-23(28-26(13-14-26)24(30)31)20-11-5-6-12-22(20)27-25(32)33-15-21-18-9-3-1-7-16(18)17-8-2-4-10-19(17)21/h1-4,7-10,20-22H,5-6,11-15H2,(H,27,32)(H,28,29)(H,30,31)/t20-,22+/m0/s1. The second kappa shape index (κ2) is 8.54. The highest BCUT2D eigenvalue weighted by atomic mass is 16.5. The number of carboxylic acids is 1. The quantitative estimate of drug-likeness (QED) is 0.623. The number of hydrogen-bond acceptors (Lipinski definition) is 4. The molecule has 0 unspecified atom stereocenters. The SMILES string of the molecule is O=C(N[C@@H]1CCCC[C@@H]1C(=O)NC1(C(=O)O)CC1)OCC1c2ccccc2-c2ccccc21. The number of amides is 2. The van der Waals surface area contributed by atoms with Crippen LogP contribution in [0.25, 0.3) is 11.1 Å². The molecule has 33 heavy (non-hydrogen) atoms. The van der Waals surface area contributed by atoms with E-state index in [1.165, 1.54) is 11.1 Å². The van der Waals surface area contributed by atoms with Gasteiger partial charge in [-0.05, 0) is 47.9 Å². The maximum atomic E-state index is 12.8. The Morgan fingerprint density at radius 1 is 0.939 bits per heavy atom. The van der Waals surface area contributed by atoms with Crippen molar-refractivity contribution in [2.45, 2.75) is 56.0 Å². The van der Waals surface area contributed by atoms with E-state index in [9.17, 15) is 19.5 Å². The molecule has 3 N–H and O–H groups in total. The van der Waals surface area contributed by atoms with Crippen molar-refractivity contribution in [2.24, 2.45) is 5.92 Å². The van der Waals surface area contributed by atoms with E-state index in [2.05, 4.69) is 34.9 Å². The van der Waals surface area contributed by atoms with Crippen molar-refractivity contribution in [3.8, 4) is 11.1 Å². The number of carbonyl (C=O) groups is 3. The van der Waals surface area contributed by atoms with E-state index in [4.69, 9.17) is 4.74 Å². The molecule has 0 heterocycles. The Hall–Kier alpha value is -3.35. The van der Waals surface area contributed by atoms with Gasteiger partial charge in [-0.1, -0.05) is 61.4 Å². The summed E-state index contributed by atoms with van der Waals surface area (Å²) in [5, 5.41) is 15.0. The fraction of sp³-hybridized carbons (Fsp3) is 0.423. The van der Waals surface area contributed by atoms with Gasteiger partial charge in [-0.15, -0.1) is 0 Å². The Balaban J connectivity index is 1.22. The van der Waals surface area contributed by atoms with Gasteiger partial charge in [-0.2, -0.15) is 0 Å². The normalized spacial score (nSPS) is 22.5. The van der Waals surface area contributed by atoms with Crippen LogP contribution in [0.15, 0.2) is 48.5 Å². The lowest BCUT2D eigenvalue weighted by Gasteiger charge is -2.32. The Morgan fingerprint density at radius 3 is 2.15 bits per heavy atom. The molecule has 3 aliphatic rings. The molecule has 5 rings (SSSR count). The van der Waals surface area contributed by atoms with Gasteiger partial charge in [0.25, 0.3) is 0 Å². The van der Waals surface area contributed by atoms with E-state index in [0.717, 1.165) is 24.0 Å². The molecule has 2 aromatic carbocycles. The fourth-order valence-electron chi connectivity index (χ4n) is 5.25. The summed E-state index contributed by atoms with van der Waals surface area (Å²) in [5.74, 6) is -1.76. The van der Waals surface area contributed by atoms with Crippen LogP contribution in [0.4, 0.5) is 4.79 Å². The van der Waals surface area contributed by atoms with Gasteiger partial charge in [0, 0.05) is 12.0 Å². The van der Waals surface area contributed by atoms with Gasteiger partial charge in [0.15, 0.2) is 0 Å². The molecule has 0 radical (unpaired) electrons. The number of hydrogen-bond donors (Lipinski definition) is 3. The van der Waals surface area contributed by atoms with Crippen molar-refractivity contribution in [2.75, 3.05) is 6.61 Å². The zero-order valence-electron chi connectivity index (χ0n) is 18.4. The second-order valence-electron chi connectivity index (χ2n) is 9.34. The Labute approximate surface area is 192 Å². The summed E-state index contributed by atoms with van der Waals surface area (Å²) in [6.45, 7) is 0.214. The number of alkyl carbamates (subject to hydrolysis) is 1. The lowest BCUT2D eigenvalue weighted by atomic mass is 9.83. The minimum atomic E-state index is -1.12. The van der Waals surface area contributed by atoms with Crippen LogP contribution in [0.5, 0.6) is 0 Å². The molecule has 7 nitrogen and oxygen atoms in total. The number of rotatable bonds is 6. The van der Waals surface area contributed by atoms with E-state index in [1.54, 1.807) is 0 Å². The maximum absolute atomic E-state index is 12.8. The highest BCUT2D eigenvalue weighted by Gasteiger charge is 2.52. The molecule has 2 aromatic rings. The van der Waals surface area contributed by atoms with E-state index in [-0.39, 0.29) is 24.5 Å². The van der Waals surface area contributed by atoms with Gasteiger partial charge in [-0.25, -0.2) is 9.59 Å². The van der Waals surface area contributed by atoms with Gasteiger partial charge in [0.2, 0.25) is 5.91 Å². The number of fused-ring (bicyclic) bond motifs is 3. The molecule has 172 valence electrons. The molecule has 3 aliphatic carbocycles. The topological polar surface area (TPSA) is 105 Å². The first-order valence-corrected chi connectivity index (χ1v) is 11.7. The molecule has 2 fully saturated rings. The van der Waals surface area contributed by atoms with Crippen molar-refractivity contribution in [1.29, 1.82) is 0 Å². The van der Waals surface area contributed by atoms with Crippen LogP contribution in [0.3, 0.4) is 0 Å². The number of carboxylic acid groups (broad SMARTS) is 1. The first-order valence-electron chi connectivity index (χ1n) is 11.7. The summed E-state index contributed by atoms with van der Waals surface area (Å²) in [5.41, 5.74) is 3.50. The van der Waals surface area contributed by atoms with Gasteiger partial charge in [-0.3, -0.25) is 4.79 Å². The van der Waals surface area contributed by atoms with Gasteiger partial charge in [0.1, 0.15) is 12.1 Å². The van der Waals surface area contributed by atoms with Crippen LogP contribution in [-0.4, -0.2) is 41.3 Å². The summed E-state index contributed by atoms with van der Waals surface area (Å²) < 4.78 is 5.65. The molecule has 2 atom stereocenters. The number of carbonyl (C=O) groups excluding carboxylic acids is 2. The van der Waals surface area contributed by atoms with Gasteiger partial charge < -0.3 is 20.5 Å². The first-order chi connectivity index (χ1) is 16.0. The summed E-state index contributed by atoms with van der Waals surface area (Å²) in [4.78, 5) is 37.0. The minimum absolute atomic E-state index is 0.0288. The molecular formula is C26H28N2O5. The highest BCUT2D eigenvalue weighted by Crippen LogP contribution is 2.44. The van der Waals surface area contributed by atoms with E-state index in [1.807, 2.05) is 24.3 Å². The highest BCUT2D eigenvalue weighted by molar-refractivity contribution is 5.91. The molecule has 0 bridgehead atoms. The monoisotopic (exact) mass is 448 g/mol. The number of benzene rings is 2. The molecule has 2 amide bonds. The molecule has 0 spiro atoms. The van der Waals surface area contributed by atoms with Crippen LogP contribution < -0.4 is 10.6 Å². The van der Waals surface area contributed by atoms with Crippen molar-refractivity contribution < 1.29 is 24.2 Å². The van der Waals surface area contributed by atoms with Gasteiger partial charge in [0.05, 0.1) is 5.92 Å². The third-order valence-electron chi connectivity index (χ3n) is 7.27. The molecular weight excluding hydrogens is 420 g/mol. The van der Waals surface area contributed by atoms with E-state index in [0.29, 0.717) is 25.7 Å². The predicted octanol–water partition coefficient (Wildman–Crippen LogP) is 3.82. The lowest BCUT2D eigenvalue weighted by Crippen LogP contribution is -2.52. The average molecular weight is 449 g/mol. The third-order valence-corrected chi connectivity index (χ3v) is 7.27. The molecule has 0 aromatic heterocycles. The Kier molecular flexibility index (Phi) is 5.56. The maximum Gasteiger partial charge on any atom is 0.407 e. The van der Waals surface area contributed by atoms with Crippen molar-refractivity contribution >= 4 is 18.0 Å². The second-order valence-corrected chi connectivity index (χ2v) is 9.34. The summed E-state index contributed by atoms with van der Waals surface area (Å²) in [6.07, 6.45) is 3.43. The van der Waals surface area contributed by atoms with E-state index < -0.39 is 23.5 Å². The predicted molar refractivity (Wildman–Crippen MR) is 122 cm³/mol. The summed E-state index contributed by atoms with van der Waals surface area (Å²) in [7, 11) is 0. The number of ether oxygens (including phenoxy) is 1. The number of aliphatic carboxylic acids is 1. The third kappa shape index (κ3) is 4.08. The molecule has 0 aliphatic heterocycles. The minimum Gasteiger partial charge on any atom is -0.480 e. The molecule has 2 saturated carbocycles. The Morgan fingerprint density at radius 2 is 1.55 bits per heavy atom. The smallest absolute Gasteiger partial charge is 0.407 e. The lowest BCUT2D eigenvalue weighted by molar-refractivity contribution is -0.144. The van der Waals surface area contributed by atoms with Crippen LogP contribution >= 0.6 is 0 Å². The average Bonchev–Trinajstić information content (AvgIpc) is 3.54. The van der Waals surface area contributed by atoms with Crippen LogP contribution in [-0.2, 0) is 14.3 Å². The van der Waals surface area contributed by atoms with Crippen LogP contribution in [0.2, 0.25) is 0 Å². The number of nitrogens with one attached hydrogen (secondary N) is 2. The van der Waals surface area contributed by atoms with Crippen LogP contribution in [0.1, 0.15) is 55.6 Å². The molecule has 0 saturated heterocycles.